The maximum absolute atomic E-state index is 13.0. The smallest absolute Gasteiger partial charge is 0.366 e. The molecule has 2 nitrogen and oxygen atoms in total. The summed E-state index contributed by atoms with van der Waals surface area (Å²) in [6, 6.07) is 7.52. The second-order valence-electron chi connectivity index (χ2n) is 6.04. The minimum absolute atomic E-state index is 0.305. The van der Waals surface area contributed by atoms with Crippen LogP contribution in [0.5, 0.6) is 0 Å². The lowest BCUT2D eigenvalue weighted by Crippen LogP contribution is -2.14. The molecule has 7 heteroatoms. The van der Waals surface area contributed by atoms with E-state index in [1.165, 1.54) is 6.07 Å². The van der Waals surface area contributed by atoms with Gasteiger partial charge in [-0.2, -0.15) is 13.2 Å². The minimum Gasteiger partial charge on any atom is -0.366 e. The number of aliphatic imine (C=N–C) groups is 1. The second kappa shape index (κ2) is 8.31. The zero-order valence-corrected chi connectivity index (χ0v) is 16.2. The van der Waals surface area contributed by atoms with Crippen LogP contribution in [0.1, 0.15) is 29.2 Å². The van der Waals surface area contributed by atoms with Gasteiger partial charge in [-0.3, -0.25) is 0 Å². The normalized spacial score (nSPS) is 12.0. The summed E-state index contributed by atoms with van der Waals surface area (Å²) < 4.78 is 39.1. The third-order valence-electron chi connectivity index (χ3n) is 4.03. The molecule has 2 aromatic carbocycles. The Balaban J connectivity index is 2.31. The third-order valence-corrected chi connectivity index (χ3v) is 4.66. The number of benzene rings is 2. The first kappa shape index (κ1) is 20.6. The Bertz CT molecular complexity index is 817. The van der Waals surface area contributed by atoms with Crippen molar-refractivity contribution in [1.29, 1.82) is 0 Å². The van der Waals surface area contributed by atoms with Crippen molar-refractivity contribution in [3.8, 4) is 0 Å². The van der Waals surface area contributed by atoms with Crippen LogP contribution in [0.3, 0.4) is 0 Å². The summed E-state index contributed by atoms with van der Waals surface area (Å²) in [5, 5.41) is 0.150. The average molecular weight is 403 g/mol. The molecular formula is C19H19Cl2F3N2. The van der Waals surface area contributed by atoms with Gasteiger partial charge in [-0.05, 0) is 61.2 Å². The molecule has 0 unspecified atom stereocenters. The topological polar surface area (TPSA) is 15.6 Å². The van der Waals surface area contributed by atoms with E-state index in [1.807, 2.05) is 31.9 Å². The Labute approximate surface area is 161 Å². The molecule has 0 saturated heterocycles. The molecule has 140 valence electrons. The molecule has 0 bridgehead atoms. The fraction of sp³-hybridized carbons (Fsp3) is 0.316. The van der Waals surface area contributed by atoms with Crippen LogP contribution < -0.4 is 0 Å². The minimum atomic E-state index is -4.48. The van der Waals surface area contributed by atoms with Crippen molar-refractivity contribution in [1.82, 2.24) is 4.90 Å². The summed E-state index contributed by atoms with van der Waals surface area (Å²) in [4.78, 5) is 6.25. The number of nitrogens with zero attached hydrogens (tertiary/aromatic N) is 2. The van der Waals surface area contributed by atoms with E-state index >= 15 is 0 Å². The van der Waals surface area contributed by atoms with Gasteiger partial charge >= 0.3 is 6.18 Å². The van der Waals surface area contributed by atoms with E-state index < -0.39 is 11.7 Å². The summed E-state index contributed by atoms with van der Waals surface area (Å²) in [6.07, 6.45) is -2.47. The first-order valence-electron chi connectivity index (χ1n) is 8.01. The highest BCUT2D eigenvalue weighted by Crippen LogP contribution is 2.36. The lowest BCUT2D eigenvalue weighted by Gasteiger charge is -2.13. The zero-order chi connectivity index (χ0) is 19.5. The SMILES string of the molecule is CCN(C)/C=N\c1cc(C)c(Cc2ccc(Cl)c(C(F)(F)F)c2)cc1Cl. The lowest BCUT2D eigenvalue weighted by molar-refractivity contribution is -0.137. The molecule has 0 spiro atoms. The van der Waals surface area contributed by atoms with Crippen molar-refractivity contribution in [3.63, 3.8) is 0 Å². The highest BCUT2D eigenvalue weighted by Gasteiger charge is 2.33. The van der Waals surface area contributed by atoms with Gasteiger partial charge in [-0.25, -0.2) is 4.99 Å². The predicted octanol–water partition coefficient (Wildman–Crippen LogP) is 6.52. The van der Waals surface area contributed by atoms with Gasteiger partial charge in [0.1, 0.15) is 0 Å². The van der Waals surface area contributed by atoms with E-state index in [0.29, 0.717) is 22.7 Å². The molecule has 0 heterocycles. The Morgan fingerprint density at radius 1 is 1.12 bits per heavy atom. The predicted molar refractivity (Wildman–Crippen MR) is 102 cm³/mol. The number of halogens is 5. The highest BCUT2D eigenvalue weighted by atomic mass is 35.5. The molecule has 0 radical (unpaired) electrons. The first-order valence-corrected chi connectivity index (χ1v) is 8.76. The van der Waals surface area contributed by atoms with E-state index in [1.54, 1.807) is 18.5 Å². The van der Waals surface area contributed by atoms with Crippen LogP contribution in [0.2, 0.25) is 10.0 Å². The van der Waals surface area contributed by atoms with Crippen molar-refractivity contribution in [2.45, 2.75) is 26.4 Å². The van der Waals surface area contributed by atoms with E-state index in [2.05, 4.69) is 4.99 Å². The molecule has 26 heavy (non-hydrogen) atoms. The Hall–Kier alpha value is -1.72. The molecule has 0 saturated carbocycles. The molecule has 0 aliphatic rings. The molecular weight excluding hydrogens is 384 g/mol. The Morgan fingerprint density at radius 2 is 1.81 bits per heavy atom. The molecule has 2 rings (SSSR count). The Morgan fingerprint density at radius 3 is 2.42 bits per heavy atom. The van der Waals surface area contributed by atoms with Crippen molar-refractivity contribution in [3.05, 3.63) is 62.6 Å². The van der Waals surface area contributed by atoms with Crippen LogP contribution in [0.4, 0.5) is 18.9 Å². The summed E-state index contributed by atoms with van der Waals surface area (Å²) in [5.41, 5.74) is 2.06. The van der Waals surface area contributed by atoms with Crippen LogP contribution in [-0.4, -0.2) is 24.8 Å². The molecule has 0 aromatic heterocycles. The number of hydrogen-bond donors (Lipinski definition) is 0. The molecule has 0 fully saturated rings. The standard InChI is InChI=1S/C19H19Cl2F3N2/c1-4-26(3)11-25-18-7-12(2)14(10-17(18)21)8-13-5-6-16(20)15(9-13)19(22,23)24/h5-7,9-11H,4,8H2,1-3H3/b25-11-. The average Bonchev–Trinajstić information content (AvgIpc) is 2.56. The summed E-state index contributed by atoms with van der Waals surface area (Å²) in [5.74, 6) is 0. The van der Waals surface area contributed by atoms with Gasteiger partial charge in [0, 0.05) is 13.6 Å². The van der Waals surface area contributed by atoms with E-state index in [0.717, 1.165) is 23.7 Å². The first-order chi connectivity index (χ1) is 12.1. The van der Waals surface area contributed by atoms with Crippen molar-refractivity contribution in [2.24, 2.45) is 4.99 Å². The molecule has 0 atom stereocenters. The van der Waals surface area contributed by atoms with Gasteiger partial charge in [0.2, 0.25) is 0 Å². The van der Waals surface area contributed by atoms with Crippen LogP contribution in [0.15, 0.2) is 35.3 Å². The van der Waals surface area contributed by atoms with Crippen molar-refractivity contribution < 1.29 is 13.2 Å². The van der Waals surface area contributed by atoms with Gasteiger partial charge < -0.3 is 4.90 Å². The molecule has 0 N–H and O–H groups in total. The Kier molecular flexibility index (Phi) is 6.58. The number of alkyl halides is 3. The monoisotopic (exact) mass is 402 g/mol. The second-order valence-corrected chi connectivity index (χ2v) is 6.85. The van der Waals surface area contributed by atoms with E-state index in [9.17, 15) is 13.2 Å². The number of rotatable bonds is 5. The largest absolute Gasteiger partial charge is 0.417 e. The van der Waals surface area contributed by atoms with Gasteiger partial charge in [-0.1, -0.05) is 29.3 Å². The highest BCUT2D eigenvalue weighted by molar-refractivity contribution is 6.33. The van der Waals surface area contributed by atoms with Crippen molar-refractivity contribution >= 4 is 35.2 Å². The number of aryl methyl sites for hydroxylation is 1. The molecule has 0 aliphatic heterocycles. The van der Waals surface area contributed by atoms with Gasteiger partial charge in [0.05, 0.1) is 27.6 Å². The van der Waals surface area contributed by atoms with Gasteiger partial charge in [-0.15, -0.1) is 0 Å². The summed E-state index contributed by atoms with van der Waals surface area (Å²) in [6.45, 7) is 4.70. The quantitative estimate of drug-likeness (QED) is 0.410. The summed E-state index contributed by atoms with van der Waals surface area (Å²) in [7, 11) is 1.90. The van der Waals surface area contributed by atoms with Crippen LogP contribution in [-0.2, 0) is 12.6 Å². The van der Waals surface area contributed by atoms with E-state index in [4.69, 9.17) is 23.2 Å². The zero-order valence-electron chi connectivity index (χ0n) is 14.7. The van der Waals surface area contributed by atoms with E-state index in [-0.39, 0.29) is 5.02 Å². The maximum atomic E-state index is 13.0. The molecule has 2 aromatic rings. The van der Waals surface area contributed by atoms with Crippen molar-refractivity contribution in [2.75, 3.05) is 13.6 Å². The lowest BCUT2D eigenvalue weighted by atomic mass is 9.98. The summed E-state index contributed by atoms with van der Waals surface area (Å²) >= 11 is 12.0. The number of hydrogen-bond acceptors (Lipinski definition) is 1. The molecule has 0 aliphatic carbocycles. The third kappa shape index (κ3) is 5.15. The van der Waals surface area contributed by atoms with Gasteiger partial charge in [0.25, 0.3) is 0 Å². The maximum Gasteiger partial charge on any atom is 0.417 e. The van der Waals surface area contributed by atoms with Crippen LogP contribution >= 0.6 is 23.2 Å². The van der Waals surface area contributed by atoms with Crippen LogP contribution in [0, 0.1) is 6.92 Å². The molecule has 0 amide bonds. The van der Waals surface area contributed by atoms with Gasteiger partial charge in [0.15, 0.2) is 0 Å². The fourth-order valence-electron chi connectivity index (χ4n) is 2.36. The fourth-order valence-corrected chi connectivity index (χ4v) is 2.82. The van der Waals surface area contributed by atoms with Crippen LogP contribution in [0.25, 0.3) is 0 Å².